The molecular weight excluding hydrogens is 266 g/mol. The molecule has 20 heavy (non-hydrogen) atoms. The van der Waals surface area contributed by atoms with Crippen molar-refractivity contribution in [1.29, 1.82) is 0 Å². The molecule has 0 saturated carbocycles. The van der Waals surface area contributed by atoms with Crippen molar-refractivity contribution in [2.24, 2.45) is 0 Å². The topological polar surface area (TPSA) is 58.0 Å². The van der Waals surface area contributed by atoms with Gasteiger partial charge in [0.1, 0.15) is 17.4 Å². The summed E-state index contributed by atoms with van der Waals surface area (Å²) < 4.78 is 31.9. The van der Waals surface area contributed by atoms with E-state index in [2.05, 4.69) is 10.5 Å². The van der Waals surface area contributed by atoms with Gasteiger partial charge >= 0.3 is 0 Å². The maximum Gasteiger partial charge on any atom is 0.280 e. The lowest BCUT2D eigenvalue weighted by atomic mass is 9.87. The molecule has 2 atom stereocenters. The average molecular weight is 280 g/mol. The van der Waals surface area contributed by atoms with Crippen LogP contribution in [0.15, 0.2) is 33.6 Å². The Morgan fingerprint density at radius 3 is 2.80 bits per heavy atom. The molecule has 0 bridgehead atoms. The molecule has 1 aromatic heterocycles. The van der Waals surface area contributed by atoms with Crippen LogP contribution in [0, 0.1) is 11.6 Å². The first-order chi connectivity index (χ1) is 9.63. The third-order valence-electron chi connectivity index (χ3n) is 3.69. The van der Waals surface area contributed by atoms with E-state index in [4.69, 9.17) is 4.52 Å². The van der Waals surface area contributed by atoms with E-state index in [9.17, 15) is 13.6 Å². The lowest BCUT2D eigenvalue weighted by molar-refractivity contribution is 0.292. The maximum absolute atomic E-state index is 13.8. The predicted molar refractivity (Wildman–Crippen MR) is 68.4 cm³/mol. The second-order valence-electron chi connectivity index (χ2n) is 5.01. The summed E-state index contributed by atoms with van der Waals surface area (Å²) in [4.78, 5) is 11.1. The Kier molecular flexibility index (Phi) is 3.40. The largest absolute Gasteiger partial charge is 0.383 e. The van der Waals surface area contributed by atoms with Gasteiger partial charge in [0.05, 0.1) is 0 Å². The molecule has 0 radical (unpaired) electrons. The highest BCUT2D eigenvalue weighted by atomic mass is 19.1. The second kappa shape index (κ2) is 5.20. The van der Waals surface area contributed by atoms with Crippen molar-refractivity contribution in [2.75, 3.05) is 6.54 Å². The Bertz CT molecular complexity index is 665. The number of aromatic nitrogens is 1. The van der Waals surface area contributed by atoms with E-state index < -0.39 is 11.6 Å². The van der Waals surface area contributed by atoms with Gasteiger partial charge in [0.25, 0.3) is 5.56 Å². The molecule has 2 heterocycles. The van der Waals surface area contributed by atoms with Gasteiger partial charge in [-0.15, -0.1) is 0 Å². The lowest BCUT2D eigenvalue weighted by Crippen LogP contribution is -2.31. The van der Waals surface area contributed by atoms with Crippen molar-refractivity contribution in [3.63, 3.8) is 0 Å². The molecule has 1 aromatic carbocycles. The first-order valence-corrected chi connectivity index (χ1v) is 6.50. The van der Waals surface area contributed by atoms with Gasteiger partial charge in [-0.3, -0.25) is 4.79 Å². The normalized spacial score (nSPS) is 22.9. The Labute approximate surface area is 113 Å². The summed E-state index contributed by atoms with van der Waals surface area (Å²) >= 11 is 0. The SMILES string of the molecule is O=c1cc([C@H]2CCN[C@@H](c3ccc(F)cc3F)C2)o[nH]1. The summed E-state index contributed by atoms with van der Waals surface area (Å²) in [5, 5.41) is 5.47. The fraction of sp³-hybridized carbons (Fsp3) is 0.357. The number of aromatic amines is 1. The van der Waals surface area contributed by atoms with Crippen molar-refractivity contribution in [3.05, 3.63) is 57.6 Å². The number of nitrogens with one attached hydrogen (secondary N) is 2. The number of benzene rings is 1. The molecule has 3 rings (SSSR count). The van der Waals surface area contributed by atoms with Gasteiger partial charge in [0.15, 0.2) is 0 Å². The first-order valence-electron chi connectivity index (χ1n) is 6.50. The highest BCUT2D eigenvalue weighted by molar-refractivity contribution is 5.23. The molecule has 1 aliphatic rings. The van der Waals surface area contributed by atoms with Crippen molar-refractivity contribution in [3.8, 4) is 0 Å². The molecule has 2 N–H and O–H groups in total. The zero-order chi connectivity index (χ0) is 14.1. The van der Waals surface area contributed by atoms with Crippen LogP contribution in [0.1, 0.15) is 36.1 Å². The van der Waals surface area contributed by atoms with E-state index in [-0.39, 0.29) is 17.5 Å². The van der Waals surface area contributed by atoms with Crippen LogP contribution in [0.5, 0.6) is 0 Å². The minimum Gasteiger partial charge on any atom is -0.383 e. The predicted octanol–water partition coefficient (Wildman–Crippen LogP) is 2.45. The van der Waals surface area contributed by atoms with Gasteiger partial charge in [-0.25, -0.2) is 8.78 Å². The molecule has 1 saturated heterocycles. The summed E-state index contributed by atoms with van der Waals surface area (Å²) in [7, 11) is 0. The highest BCUT2D eigenvalue weighted by Crippen LogP contribution is 2.34. The number of piperidine rings is 1. The van der Waals surface area contributed by atoms with Gasteiger partial charge in [0, 0.05) is 29.7 Å². The van der Waals surface area contributed by atoms with Crippen LogP contribution in [-0.4, -0.2) is 11.7 Å². The van der Waals surface area contributed by atoms with Gasteiger partial charge in [-0.2, -0.15) is 5.16 Å². The number of halogens is 2. The Hall–Kier alpha value is -1.95. The van der Waals surface area contributed by atoms with Crippen molar-refractivity contribution in [1.82, 2.24) is 10.5 Å². The molecule has 4 nitrogen and oxygen atoms in total. The number of rotatable bonds is 2. The van der Waals surface area contributed by atoms with Gasteiger partial charge < -0.3 is 9.84 Å². The monoisotopic (exact) mass is 280 g/mol. The molecule has 2 aromatic rings. The molecule has 0 unspecified atom stereocenters. The first kappa shape index (κ1) is 13.1. The Balaban J connectivity index is 1.83. The molecule has 1 fully saturated rings. The second-order valence-corrected chi connectivity index (χ2v) is 5.01. The Morgan fingerprint density at radius 1 is 1.25 bits per heavy atom. The van der Waals surface area contributed by atoms with Crippen LogP contribution >= 0.6 is 0 Å². The molecule has 0 spiro atoms. The third-order valence-corrected chi connectivity index (χ3v) is 3.69. The number of hydrogen-bond acceptors (Lipinski definition) is 3. The van der Waals surface area contributed by atoms with E-state index in [0.717, 1.165) is 12.5 Å². The zero-order valence-corrected chi connectivity index (χ0v) is 10.7. The van der Waals surface area contributed by atoms with Crippen LogP contribution in [-0.2, 0) is 0 Å². The molecule has 1 aliphatic heterocycles. The molecule has 106 valence electrons. The van der Waals surface area contributed by atoms with Gasteiger partial charge in [-0.1, -0.05) is 6.07 Å². The van der Waals surface area contributed by atoms with E-state index in [1.54, 1.807) is 0 Å². The standard InChI is InChI=1S/C14H14F2N2O2/c15-9-1-2-10(11(16)6-9)12-5-8(3-4-17-12)13-7-14(19)18-20-13/h1-2,6-8,12,17H,3-5H2,(H,18,19)/t8-,12+/m0/s1. The van der Waals surface area contributed by atoms with Crippen LogP contribution in [0.3, 0.4) is 0 Å². The van der Waals surface area contributed by atoms with E-state index in [1.165, 1.54) is 18.2 Å². The fourth-order valence-electron chi connectivity index (χ4n) is 2.70. The average Bonchev–Trinajstić information content (AvgIpc) is 2.86. The highest BCUT2D eigenvalue weighted by Gasteiger charge is 2.28. The van der Waals surface area contributed by atoms with Crippen LogP contribution in [0.4, 0.5) is 8.78 Å². The minimum atomic E-state index is -0.588. The number of hydrogen-bond donors (Lipinski definition) is 2. The van der Waals surface area contributed by atoms with Gasteiger partial charge in [0.2, 0.25) is 0 Å². The molecular formula is C14H14F2N2O2. The maximum atomic E-state index is 13.8. The van der Waals surface area contributed by atoms with E-state index in [0.29, 0.717) is 24.3 Å². The van der Waals surface area contributed by atoms with Crippen LogP contribution < -0.4 is 10.9 Å². The number of H-pyrrole nitrogens is 1. The van der Waals surface area contributed by atoms with Crippen molar-refractivity contribution < 1.29 is 13.3 Å². The van der Waals surface area contributed by atoms with Crippen molar-refractivity contribution >= 4 is 0 Å². The zero-order valence-electron chi connectivity index (χ0n) is 10.7. The smallest absolute Gasteiger partial charge is 0.280 e. The van der Waals surface area contributed by atoms with Crippen LogP contribution in [0.25, 0.3) is 0 Å². The molecule has 0 aliphatic carbocycles. The summed E-state index contributed by atoms with van der Waals surface area (Å²) in [6.45, 7) is 0.682. The summed E-state index contributed by atoms with van der Waals surface area (Å²) in [5.74, 6) is -0.511. The summed E-state index contributed by atoms with van der Waals surface area (Å²) in [6.07, 6.45) is 1.41. The molecule has 0 amide bonds. The third kappa shape index (κ3) is 2.51. The van der Waals surface area contributed by atoms with E-state index >= 15 is 0 Å². The fourth-order valence-corrected chi connectivity index (χ4v) is 2.70. The Morgan fingerprint density at radius 2 is 2.10 bits per heavy atom. The van der Waals surface area contributed by atoms with Gasteiger partial charge in [-0.05, 0) is 25.5 Å². The lowest BCUT2D eigenvalue weighted by Gasteiger charge is -2.29. The van der Waals surface area contributed by atoms with Crippen LogP contribution in [0.2, 0.25) is 0 Å². The van der Waals surface area contributed by atoms with E-state index in [1.807, 2.05) is 0 Å². The summed E-state index contributed by atoms with van der Waals surface area (Å²) in [5.41, 5.74) is 0.164. The summed E-state index contributed by atoms with van der Waals surface area (Å²) in [6, 6.07) is 4.80. The molecule has 6 heteroatoms. The quantitative estimate of drug-likeness (QED) is 0.888. The van der Waals surface area contributed by atoms with Crippen molar-refractivity contribution in [2.45, 2.75) is 24.8 Å². The minimum absolute atomic E-state index is 0.0460.